The maximum atomic E-state index is 14.3. The molecule has 0 spiro atoms. The van der Waals surface area contributed by atoms with Crippen LogP contribution in [0.1, 0.15) is 15.9 Å². The number of nitrogen functional groups attached to an aromatic ring is 1. The van der Waals surface area contributed by atoms with E-state index in [1.807, 2.05) is 43.3 Å². The third-order valence-electron chi connectivity index (χ3n) is 4.84. The van der Waals surface area contributed by atoms with E-state index < -0.39 is 23.0 Å². The van der Waals surface area contributed by atoms with Crippen molar-refractivity contribution < 1.29 is 13.6 Å². The Morgan fingerprint density at radius 2 is 1.79 bits per heavy atom. The van der Waals surface area contributed by atoms with Crippen LogP contribution in [0, 0.1) is 11.6 Å². The fourth-order valence-electron chi connectivity index (χ4n) is 3.21. The number of carbonyl (C=O) groups is 1. The normalized spacial score (nSPS) is 11.0. The van der Waals surface area contributed by atoms with Crippen molar-refractivity contribution in [3.05, 3.63) is 77.6 Å². The standard InChI is InChI=1S/C22H18F2N4O/c1-28(2)14-5-3-12(4-6-14)13-9-15-16(11-27-22(15)26-10-13)21(29)19-17(23)7-8-18(25)20(19)24/h3-11H,25H2,1-2H3,(H,26,27). The number of halogens is 2. The number of H-pyrrole nitrogens is 1. The Morgan fingerprint density at radius 1 is 1.07 bits per heavy atom. The number of ketones is 1. The van der Waals surface area contributed by atoms with Crippen molar-refractivity contribution in [3.63, 3.8) is 0 Å². The van der Waals surface area contributed by atoms with Crippen molar-refractivity contribution in [1.29, 1.82) is 0 Å². The van der Waals surface area contributed by atoms with Crippen molar-refractivity contribution in [1.82, 2.24) is 9.97 Å². The Kier molecular flexibility index (Phi) is 4.50. The molecule has 0 aliphatic rings. The van der Waals surface area contributed by atoms with Crippen LogP contribution in [0.15, 0.2) is 54.9 Å². The topological polar surface area (TPSA) is 75.0 Å². The molecule has 5 nitrogen and oxygen atoms in total. The summed E-state index contributed by atoms with van der Waals surface area (Å²) >= 11 is 0. The Hall–Kier alpha value is -3.74. The van der Waals surface area contributed by atoms with E-state index in [4.69, 9.17) is 5.73 Å². The summed E-state index contributed by atoms with van der Waals surface area (Å²) in [6, 6.07) is 11.7. The van der Waals surface area contributed by atoms with E-state index in [9.17, 15) is 13.6 Å². The largest absolute Gasteiger partial charge is 0.396 e. The lowest BCUT2D eigenvalue weighted by Gasteiger charge is -2.12. The summed E-state index contributed by atoms with van der Waals surface area (Å²) in [6.45, 7) is 0. The molecule has 2 heterocycles. The molecule has 0 saturated carbocycles. The molecule has 4 rings (SSSR count). The van der Waals surface area contributed by atoms with Gasteiger partial charge in [-0.1, -0.05) is 12.1 Å². The van der Waals surface area contributed by atoms with Crippen LogP contribution in [0.25, 0.3) is 22.2 Å². The number of nitrogens with one attached hydrogen (secondary N) is 1. The molecule has 146 valence electrons. The minimum Gasteiger partial charge on any atom is -0.396 e. The van der Waals surface area contributed by atoms with Crippen molar-refractivity contribution in [2.24, 2.45) is 0 Å². The summed E-state index contributed by atoms with van der Waals surface area (Å²) in [5, 5.41) is 0.477. The number of anilines is 2. The number of carbonyl (C=O) groups excluding carboxylic acids is 1. The Bertz CT molecular complexity index is 1230. The molecule has 0 fully saturated rings. The number of hydrogen-bond donors (Lipinski definition) is 2. The van der Waals surface area contributed by atoms with Crippen LogP contribution >= 0.6 is 0 Å². The summed E-state index contributed by atoms with van der Waals surface area (Å²) in [6.07, 6.45) is 3.08. The molecule has 0 aliphatic carbocycles. The van der Waals surface area contributed by atoms with Crippen molar-refractivity contribution in [2.75, 3.05) is 24.7 Å². The third kappa shape index (κ3) is 3.20. The SMILES string of the molecule is CN(C)c1ccc(-c2cnc3[nH]cc(C(=O)c4c(F)ccc(N)c4F)c3c2)cc1. The zero-order chi connectivity index (χ0) is 20.7. The molecule has 0 radical (unpaired) electrons. The maximum absolute atomic E-state index is 14.3. The van der Waals surface area contributed by atoms with Crippen molar-refractivity contribution >= 4 is 28.2 Å². The van der Waals surface area contributed by atoms with Gasteiger partial charge in [0.15, 0.2) is 5.82 Å². The summed E-state index contributed by atoms with van der Waals surface area (Å²) < 4.78 is 28.5. The van der Waals surface area contributed by atoms with Gasteiger partial charge in [-0.05, 0) is 35.9 Å². The minimum absolute atomic E-state index is 0.127. The van der Waals surface area contributed by atoms with E-state index in [2.05, 4.69) is 9.97 Å². The zero-order valence-corrected chi connectivity index (χ0v) is 15.8. The summed E-state index contributed by atoms with van der Waals surface area (Å²) in [5.41, 5.74) is 7.87. The Labute approximate surface area is 165 Å². The van der Waals surface area contributed by atoms with Gasteiger partial charge in [0.25, 0.3) is 0 Å². The predicted molar refractivity (Wildman–Crippen MR) is 110 cm³/mol. The smallest absolute Gasteiger partial charge is 0.201 e. The Balaban J connectivity index is 1.80. The van der Waals surface area contributed by atoms with Gasteiger partial charge in [0.1, 0.15) is 11.5 Å². The van der Waals surface area contributed by atoms with Crippen LogP contribution in [0.4, 0.5) is 20.2 Å². The van der Waals surface area contributed by atoms with Crippen LogP contribution in [0.3, 0.4) is 0 Å². The maximum Gasteiger partial charge on any atom is 0.201 e. The number of fused-ring (bicyclic) bond motifs is 1. The molecule has 0 atom stereocenters. The molecule has 29 heavy (non-hydrogen) atoms. The highest BCUT2D eigenvalue weighted by atomic mass is 19.1. The van der Waals surface area contributed by atoms with Crippen molar-refractivity contribution in [2.45, 2.75) is 0 Å². The molecular formula is C22H18F2N4O. The van der Waals surface area contributed by atoms with E-state index in [-0.39, 0.29) is 11.3 Å². The van der Waals surface area contributed by atoms with Gasteiger partial charge >= 0.3 is 0 Å². The second kappa shape index (κ2) is 7.01. The molecule has 3 N–H and O–H groups in total. The summed E-state index contributed by atoms with van der Waals surface area (Å²) in [4.78, 5) is 22.1. The highest BCUT2D eigenvalue weighted by Gasteiger charge is 2.23. The third-order valence-corrected chi connectivity index (χ3v) is 4.84. The molecule has 7 heteroatoms. The lowest BCUT2D eigenvalue weighted by atomic mass is 9.99. The fraction of sp³-hybridized carbons (Fsp3) is 0.0909. The van der Waals surface area contributed by atoms with Gasteiger partial charge in [-0.25, -0.2) is 13.8 Å². The van der Waals surface area contributed by atoms with Crippen LogP contribution < -0.4 is 10.6 Å². The van der Waals surface area contributed by atoms with Gasteiger partial charge in [0.2, 0.25) is 5.78 Å². The number of pyridine rings is 1. The average Bonchev–Trinajstić information content (AvgIpc) is 3.14. The number of hydrogen-bond acceptors (Lipinski definition) is 4. The average molecular weight is 392 g/mol. The quantitative estimate of drug-likeness (QED) is 0.399. The van der Waals surface area contributed by atoms with Gasteiger partial charge in [0, 0.05) is 48.7 Å². The van der Waals surface area contributed by atoms with E-state index in [1.165, 1.54) is 6.20 Å². The molecule has 2 aromatic carbocycles. The lowest BCUT2D eigenvalue weighted by Crippen LogP contribution is -2.09. The predicted octanol–water partition coefficient (Wildman–Crippen LogP) is 4.39. The van der Waals surface area contributed by atoms with Crippen LogP contribution in [-0.2, 0) is 0 Å². The number of aromatic nitrogens is 2. The number of nitrogens with zero attached hydrogens (tertiary/aromatic N) is 2. The number of rotatable bonds is 4. The van der Waals surface area contributed by atoms with E-state index in [1.54, 1.807) is 12.3 Å². The molecule has 2 aromatic heterocycles. The van der Waals surface area contributed by atoms with E-state index in [0.717, 1.165) is 28.9 Å². The highest BCUT2D eigenvalue weighted by molar-refractivity contribution is 6.16. The second-order valence-electron chi connectivity index (χ2n) is 6.92. The van der Waals surface area contributed by atoms with Gasteiger partial charge in [-0.15, -0.1) is 0 Å². The van der Waals surface area contributed by atoms with Gasteiger partial charge in [-0.2, -0.15) is 0 Å². The summed E-state index contributed by atoms with van der Waals surface area (Å²) in [7, 11) is 3.91. The molecule has 0 aliphatic heterocycles. The molecular weight excluding hydrogens is 374 g/mol. The first kappa shape index (κ1) is 18.6. The summed E-state index contributed by atoms with van der Waals surface area (Å²) in [5.74, 6) is -2.81. The first-order valence-electron chi connectivity index (χ1n) is 8.90. The number of nitrogens with two attached hydrogens (primary N) is 1. The zero-order valence-electron chi connectivity index (χ0n) is 15.8. The number of aromatic amines is 1. The number of benzene rings is 2. The van der Waals surface area contributed by atoms with E-state index >= 15 is 0 Å². The minimum atomic E-state index is -1.06. The highest BCUT2D eigenvalue weighted by Crippen LogP contribution is 2.29. The second-order valence-corrected chi connectivity index (χ2v) is 6.92. The van der Waals surface area contributed by atoms with Crippen LogP contribution in [0.5, 0.6) is 0 Å². The molecule has 0 saturated heterocycles. The molecule has 0 unspecified atom stereocenters. The van der Waals surface area contributed by atoms with Gasteiger partial charge < -0.3 is 15.6 Å². The van der Waals surface area contributed by atoms with Crippen LogP contribution in [0.2, 0.25) is 0 Å². The van der Waals surface area contributed by atoms with Gasteiger partial charge in [0.05, 0.1) is 11.3 Å². The first-order chi connectivity index (χ1) is 13.9. The fourth-order valence-corrected chi connectivity index (χ4v) is 3.21. The molecule has 4 aromatic rings. The molecule has 0 bridgehead atoms. The monoisotopic (exact) mass is 392 g/mol. The first-order valence-corrected chi connectivity index (χ1v) is 8.90. The lowest BCUT2D eigenvalue weighted by molar-refractivity contribution is 0.103. The van der Waals surface area contributed by atoms with Gasteiger partial charge in [-0.3, -0.25) is 4.79 Å². The van der Waals surface area contributed by atoms with E-state index in [0.29, 0.717) is 11.0 Å². The molecule has 0 amide bonds. The van der Waals surface area contributed by atoms with Crippen molar-refractivity contribution in [3.8, 4) is 11.1 Å². The van der Waals surface area contributed by atoms with Crippen LogP contribution in [-0.4, -0.2) is 29.8 Å². The Morgan fingerprint density at radius 3 is 2.48 bits per heavy atom.